The van der Waals surface area contributed by atoms with Crippen molar-refractivity contribution in [2.45, 2.75) is 25.3 Å². The summed E-state index contributed by atoms with van der Waals surface area (Å²) in [5.41, 5.74) is 0. The molecule has 19 heavy (non-hydrogen) atoms. The van der Waals surface area contributed by atoms with Crippen LogP contribution in [-0.4, -0.2) is 54.7 Å². The Kier molecular flexibility index (Phi) is 6.16. The van der Waals surface area contributed by atoms with Gasteiger partial charge in [0.2, 0.25) is 0 Å². The molecule has 1 unspecified atom stereocenters. The zero-order valence-corrected chi connectivity index (χ0v) is 11.2. The van der Waals surface area contributed by atoms with Crippen LogP contribution in [0.5, 0.6) is 0 Å². The minimum atomic E-state index is -1.12. The van der Waals surface area contributed by atoms with Crippen LogP contribution in [0.15, 0.2) is 0 Å². The van der Waals surface area contributed by atoms with Gasteiger partial charge in [-0.2, -0.15) is 0 Å². The molecular weight excluding hydrogens is 246 g/mol. The van der Waals surface area contributed by atoms with Crippen molar-refractivity contribution in [1.29, 1.82) is 0 Å². The second-order valence-corrected chi connectivity index (χ2v) is 4.90. The van der Waals surface area contributed by atoms with Crippen LogP contribution in [0.4, 0.5) is 4.79 Å². The van der Waals surface area contributed by atoms with Crippen LogP contribution in [0.25, 0.3) is 0 Å². The molecule has 1 heterocycles. The van der Waals surface area contributed by atoms with Crippen LogP contribution in [-0.2, 0) is 4.79 Å². The molecular formula is C13H21N3O3. The number of carboxylic acid groups (broad SMARTS) is 1. The van der Waals surface area contributed by atoms with Crippen LogP contribution >= 0.6 is 0 Å². The first-order chi connectivity index (χ1) is 9.02. The fourth-order valence-corrected chi connectivity index (χ4v) is 2.03. The van der Waals surface area contributed by atoms with E-state index in [0.717, 1.165) is 25.9 Å². The van der Waals surface area contributed by atoms with E-state index in [1.807, 2.05) is 0 Å². The number of carboxylic acids is 1. The molecule has 1 atom stereocenters. The molecule has 0 saturated carbocycles. The minimum Gasteiger partial charge on any atom is -0.480 e. The van der Waals surface area contributed by atoms with Crippen molar-refractivity contribution < 1.29 is 14.7 Å². The van der Waals surface area contributed by atoms with Gasteiger partial charge in [-0.15, -0.1) is 12.3 Å². The van der Waals surface area contributed by atoms with Gasteiger partial charge in [0, 0.05) is 13.0 Å². The summed E-state index contributed by atoms with van der Waals surface area (Å²) in [4.78, 5) is 24.7. The summed E-state index contributed by atoms with van der Waals surface area (Å²) in [5.74, 6) is 1.57. The lowest BCUT2D eigenvalue weighted by Crippen LogP contribution is -2.47. The minimum absolute atomic E-state index is 0.0169. The topological polar surface area (TPSA) is 81.7 Å². The van der Waals surface area contributed by atoms with Gasteiger partial charge in [0.05, 0.1) is 0 Å². The second kappa shape index (κ2) is 7.64. The lowest BCUT2D eigenvalue weighted by Gasteiger charge is -2.29. The third-order valence-corrected chi connectivity index (χ3v) is 3.31. The third-order valence-electron chi connectivity index (χ3n) is 3.31. The van der Waals surface area contributed by atoms with Crippen LogP contribution in [0, 0.1) is 18.3 Å². The molecule has 3 N–H and O–H groups in total. The molecule has 0 bridgehead atoms. The Morgan fingerprint density at radius 3 is 2.63 bits per heavy atom. The number of nitrogens with one attached hydrogen (secondary N) is 2. The maximum absolute atomic E-state index is 11.6. The SMILES string of the molecule is C#CCC(NC(=O)NCC1CCN(C)CC1)C(=O)O. The summed E-state index contributed by atoms with van der Waals surface area (Å²) in [6.07, 6.45) is 7.13. The molecule has 1 rings (SSSR count). The van der Waals surface area contributed by atoms with Gasteiger partial charge < -0.3 is 20.6 Å². The first-order valence-electron chi connectivity index (χ1n) is 6.42. The third kappa shape index (κ3) is 5.62. The molecule has 1 saturated heterocycles. The number of carbonyl (C=O) groups excluding carboxylic acids is 1. The number of hydrogen-bond acceptors (Lipinski definition) is 3. The predicted octanol–water partition coefficient (Wildman–Crippen LogP) is 0.104. The van der Waals surface area contributed by atoms with E-state index in [2.05, 4.69) is 28.5 Å². The molecule has 2 amide bonds. The van der Waals surface area contributed by atoms with E-state index in [9.17, 15) is 9.59 Å². The van der Waals surface area contributed by atoms with Crippen molar-refractivity contribution in [1.82, 2.24) is 15.5 Å². The monoisotopic (exact) mass is 267 g/mol. The molecule has 0 spiro atoms. The summed E-state index contributed by atoms with van der Waals surface area (Å²) in [6, 6.07) is -1.50. The average Bonchev–Trinajstić information content (AvgIpc) is 2.37. The van der Waals surface area contributed by atoms with Crippen LogP contribution < -0.4 is 10.6 Å². The Morgan fingerprint density at radius 2 is 2.11 bits per heavy atom. The van der Waals surface area contributed by atoms with Gasteiger partial charge in [0.25, 0.3) is 0 Å². The second-order valence-electron chi connectivity index (χ2n) is 4.90. The normalized spacial score (nSPS) is 18.3. The van der Waals surface area contributed by atoms with E-state index in [1.165, 1.54) is 0 Å². The summed E-state index contributed by atoms with van der Waals surface area (Å²) in [5, 5.41) is 13.9. The molecule has 6 nitrogen and oxygen atoms in total. The van der Waals surface area contributed by atoms with Crippen molar-refractivity contribution >= 4 is 12.0 Å². The summed E-state index contributed by atoms with van der Waals surface area (Å²) in [7, 11) is 2.08. The van der Waals surface area contributed by atoms with Crippen molar-refractivity contribution in [2.75, 3.05) is 26.7 Å². The van der Waals surface area contributed by atoms with E-state index < -0.39 is 18.0 Å². The lowest BCUT2D eigenvalue weighted by molar-refractivity contribution is -0.139. The van der Waals surface area contributed by atoms with Crippen LogP contribution in [0.1, 0.15) is 19.3 Å². The van der Waals surface area contributed by atoms with Gasteiger partial charge in [-0.1, -0.05) is 0 Å². The van der Waals surface area contributed by atoms with Gasteiger partial charge in [0.15, 0.2) is 0 Å². The standard InChI is InChI=1S/C13H21N3O3/c1-3-4-11(12(17)18)15-13(19)14-9-10-5-7-16(2)8-6-10/h1,10-11H,4-9H2,2H3,(H,17,18)(H2,14,15,19). The van der Waals surface area contributed by atoms with Crippen LogP contribution in [0.3, 0.4) is 0 Å². The Labute approximate surface area is 113 Å². The number of piperidine rings is 1. The molecule has 0 radical (unpaired) electrons. The molecule has 1 aliphatic rings. The molecule has 0 aromatic heterocycles. The van der Waals surface area contributed by atoms with E-state index in [4.69, 9.17) is 11.5 Å². The number of carbonyl (C=O) groups is 2. The molecule has 6 heteroatoms. The van der Waals surface area contributed by atoms with E-state index in [-0.39, 0.29) is 6.42 Å². The van der Waals surface area contributed by atoms with Crippen molar-refractivity contribution in [3.05, 3.63) is 0 Å². The number of terminal acetylenes is 1. The van der Waals surface area contributed by atoms with Crippen molar-refractivity contribution in [3.63, 3.8) is 0 Å². The molecule has 1 fully saturated rings. The highest BCUT2D eigenvalue weighted by molar-refractivity contribution is 5.82. The van der Waals surface area contributed by atoms with Crippen molar-refractivity contribution in [3.8, 4) is 12.3 Å². The first-order valence-corrected chi connectivity index (χ1v) is 6.42. The number of nitrogens with zero attached hydrogens (tertiary/aromatic N) is 1. The zero-order chi connectivity index (χ0) is 14.3. The lowest BCUT2D eigenvalue weighted by atomic mass is 9.97. The van der Waals surface area contributed by atoms with Gasteiger partial charge in [0.1, 0.15) is 6.04 Å². The van der Waals surface area contributed by atoms with Crippen molar-refractivity contribution in [2.24, 2.45) is 5.92 Å². The van der Waals surface area contributed by atoms with Gasteiger partial charge in [-0.05, 0) is 38.9 Å². The Hall–Kier alpha value is -1.74. The highest BCUT2D eigenvalue weighted by Crippen LogP contribution is 2.14. The quantitative estimate of drug-likeness (QED) is 0.617. The molecule has 0 aromatic rings. The van der Waals surface area contributed by atoms with E-state index in [1.54, 1.807) is 0 Å². The maximum atomic E-state index is 11.6. The average molecular weight is 267 g/mol. The van der Waals surface area contributed by atoms with E-state index >= 15 is 0 Å². The first kappa shape index (κ1) is 15.3. The summed E-state index contributed by atoms with van der Waals surface area (Å²) < 4.78 is 0. The molecule has 0 aliphatic carbocycles. The van der Waals surface area contributed by atoms with Gasteiger partial charge >= 0.3 is 12.0 Å². The number of hydrogen-bond donors (Lipinski definition) is 3. The molecule has 106 valence electrons. The number of amides is 2. The maximum Gasteiger partial charge on any atom is 0.327 e. The molecule has 0 aromatic carbocycles. The summed E-state index contributed by atoms with van der Waals surface area (Å²) >= 11 is 0. The number of aliphatic carboxylic acids is 1. The largest absolute Gasteiger partial charge is 0.480 e. The highest BCUT2D eigenvalue weighted by atomic mass is 16.4. The fourth-order valence-electron chi connectivity index (χ4n) is 2.03. The number of urea groups is 1. The Balaban J connectivity index is 2.27. The highest BCUT2D eigenvalue weighted by Gasteiger charge is 2.20. The Bertz CT molecular complexity index is 357. The zero-order valence-electron chi connectivity index (χ0n) is 11.2. The molecule has 1 aliphatic heterocycles. The van der Waals surface area contributed by atoms with E-state index in [0.29, 0.717) is 12.5 Å². The van der Waals surface area contributed by atoms with Crippen LogP contribution in [0.2, 0.25) is 0 Å². The Morgan fingerprint density at radius 1 is 1.47 bits per heavy atom. The van der Waals surface area contributed by atoms with Gasteiger partial charge in [-0.3, -0.25) is 0 Å². The number of rotatable bonds is 5. The summed E-state index contributed by atoms with van der Waals surface area (Å²) in [6.45, 7) is 2.63. The number of likely N-dealkylation sites (tertiary alicyclic amines) is 1. The fraction of sp³-hybridized carbons (Fsp3) is 0.692. The van der Waals surface area contributed by atoms with Gasteiger partial charge in [-0.25, -0.2) is 9.59 Å². The predicted molar refractivity (Wildman–Crippen MR) is 71.6 cm³/mol. The smallest absolute Gasteiger partial charge is 0.327 e.